The molecule has 0 spiro atoms. The van der Waals surface area contributed by atoms with E-state index in [9.17, 15) is 4.79 Å². The fourth-order valence-electron chi connectivity index (χ4n) is 1.41. The Morgan fingerprint density at radius 2 is 2.15 bits per heavy atom. The molecular formula is C9H18N2O2. The van der Waals surface area contributed by atoms with Crippen molar-refractivity contribution in [3.63, 3.8) is 0 Å². The number of carbonyl (C=O) groups is 1. The van der Waals surface area contributed by atoms with Crippen molar-refractivity contribution in [2.45, 2.75) is 6.42 Å². The molecular weight excluding hydrogens is 168 g/mol. The van der Waals surface area contributed by atoms with Crippen LogP contribution in [0, 0.1) is 0 Å². The van der Waals surface area contributed by atoms with Crippen LogP contribution in [-0.4, -0.2) is 57.1 Å². The van der Waals surface area contributed by atoms with Crippen LogP contribution in [0.4, 0.5) is 0 Å². The Hall–Kier alpha value is -0.450. The highest BCUT2D eigenvalue weighted by molar-refractivity contribution is 5.51. The van der Waals surface area contributed by atoms with Crippen molar-refractivity contribution in [2.24, 2.45) is 0 Å². The Morgan fingerprint density at radius 1 is 1.38 bits per heavy atom. The molecule has 0 radical (unpaired) electrons. The maximum atomic E-state index is 9.98. The van der Waals surface area contributed by atoms with E-state index < -0.39 is 0 Å². The number of ether oxygens (including phenoxy) is 1. The summed E-state index contributed by atoms with van der Waals surface area (Å²) >= 11 is 0. The molecule has 0 aromatic rings. The molecule has 1 aliphatic heterocycles. The molecule has 1 rings (SSSR count). The SMILES string of the molecule is O=CCNCCCN1CCOCC1. The molecule has 1 fully saturated rings. The Kier molecular flexibility index (Phi) is 5.73. The van der Waals surface area contributed by atoms with E-state index in [2.05, 4.69) is 10.2 Å². The number of carbonyl (C=O) groups excluding carboxylic acids is 1. The van der Waals surface area contributed by atoms with Gasteiger partial charge in [0.05, 0.1) is 19.8 Å². The lowest BCUT2D eigenvalue weighted by molar-refractivity contribution is -0.107. The van der Waals surface area contributed by atoms with Gasteiger partial charge in [-0.3, -0.25) is 4.90 Å². The predicted octanol–water partition coefficient (Wildman–Crippen LogP) is -0.503. The summed E-state index contributed by atoms with van der Waals surface area (Å²) in [6.45, 7) is 6.33. The summed E-state index contributed by atoms with van der Waals surface area (Å²) in [6, 6.07) is 0. The Morgan fingerprint density at radius 3 is 2.85 bits per heavy atom. The standard InChI is InChI=1S/C9H18N2O2/c12-7-3-10-2-1-4-11-5-8-13-9-6-11/h7,10H,1-6,8-9H2. The summed E-state index contributed by atoms with van der Waals surface area (Å²) in [5.74, 6) is 0. The second kappa shape index (κ2) is 7.00. The van der Waals surface area contributed by atoms with E-state index in [1.807, 2.05) is 0 Å². The fourth-order valence-corrected chi connectivity index (χ4v) is 1.41. The molecule has 4 heteroatoms. The van der Waals surface area contributed by atoms with Crippen LogP contribution in [0.5, 0.6) is 0 Å². The van der Waals surface area contributed by atoms with Gasteiger partial charge in [-0.1, -0.05) is 0 Å². The van der Waals surface area contributed by atoms with Gasteiger partial charge in [-0.25, -0.2) is 0 Å². The topological polar surface area (TPSA) is 41.6 Å². The first-order valence-electron chi connectivity index (χ1n) is 4.88. The van der Waals surface area contributed by atoms with Crippen LogP contribution < -0.4 is 5.32 Å². The van der Waals surface area contributed by atoms with Gasteiger partial charge in [0.2, 0.25) is 0 Å². The minimum absolute atomic E-state index is 0.475. The lowest BCUT2D eigenvalue weighted by atomic mass is 10.3. The molecule has 0 amide bonds. The highest BCUT2D eigenvalue weighted by Crippen LogP contribution is 1.96. The zero-order valence-corrected chi connectivity index (χ0v) is 8.00. The second-order valence-electron chi connectivity index (χ2n) is 3.18. The number of rotatable bonds is 6. The summed E-state index contributed by atoms with van der Waals surface area (Å²) in [5, 5.41) is 3.05. The third-order valence-corrected chi connectivity index (χ3v) is 2.16. The van der Waals surface area contributed by atoms with Gasteiger partial charge >= 0.3 is 0 Å². The quantitative estimate of drug-likeness (QED) is 0.448. The third kappa shape index (κ3) is 4.98. The lowest BCUT2D eigenvalue weighted by Gasteiger charge is -2.26. The fraction of sp³-hybridized carbons (Fsp3) is 0.889. The molecule has 76 valence electrons. The average molecular weight is 186 g/mol. The number of nitrogens with zero attached hydrogens (tertiary/aromatic N) is 1. The normalized spacial score (nSPS) is 18.8. The van der Waals surface area contributed by atoms with Gasteiger partial charge in [-0.2, -0.15) is 0 Å². The van der Waals surface area contributed by atoms with Crippen molar-refractivity contribution >= 4 is 6.29 Å². The average Bonchev–Trinajstić information content (AvgIpc) is 2.19. The van der Waals surface area contributed by atoms with Gasteiger partial charge in [0.15, 0.2) is 0 Å². The Bertz CT molecular complexity index is 136. The molecule has 4 nitrogen and oxygen atoms in total. The van der Waals surface area contributed by atoms with Gasteiger partial charge in [-0.15, -0.1) is 0 Å². The summed E-state index contributed by atoms with van der Waals surface area (Å²) in [7, 11) is 0. The number of aldehydes is 1. The van der Waals surface area contributed by atoms with Gasteiger partial charge in [0.1, 0.15) is 6.29 Å². The van der Waals surface area contributed by atoms with Gasteiger partial charge in [0.25, 0.3) is 0 Å². The molecule has 1 aliphatic rings. The molecule has 0 bridgehead atoms. The van der Waals surface area contributed by atoms with E-state index in [-0.39, 0.29) is 0 Å². The maximum absolute atomic E-state index is 9.98. The third-order valence-electron chi connectivity index (χ3n) is 2.16. The lowest BCUT2D eigenvalue weighted by Crippen LogP contribution is -2.37. The van der Waals surface area contributed by atoms with Gasteiger partial charge < -0.3 is 14.8 Å². The van der Waals surface area contributed by atoms with E-state index in [1.165, 1.54) is 0 Å². The summed E-state index contributed by atoms with van der Waals surface area (Å²) in [4.78, 5) is 12.4. The maximum Gasteiger partial charge on any atom is 0.133 e. The molecule has 1 heterocycles. The van der Waals surface area contributed by atoms with Crippen molar-refractivity contribution in [3.8, 4) is 0 Å². The second-order valence-corrected chi connectivity index (χ2v) is 3.18. The molecule has 0 saturated carbocycles. The molecule has 0 atom stereocenters. The van der Waals surface area contributed by atoms with Gasteiger partial charge in [-0.05, 0) is 19.5 Å². The number of hydrogen-bond donors (Lipinski definition) is 1. The summed E-state index contributed by atoms with van der Waals surface area (Å²) in [5.41, 5.74) is 0. The van der Waals surface area contributed by atoms with E-state index in [0.717, 1.165) is 52.1 Å². The molecule has 1 saturated heterocycles. The Balaban J connectivity index is 1.89. The predicted molar refractivity (Wildman–Crippen MR) is 50.8 cm³/mol. The van der Waals surface area contributed by atoms with Crippen LogP contribution in [0.1, 0.15) is 6.42 Å². The molecule has 13 heavy (non-hydrogen) atoms. The smallest absolute Gasteiger partial charge is 0.133 e. The Labute approximate surface area is 79.2 Å². The van der Waals surface area contributed by atoms with Crippen molar-refractivity contribution in [3.05, 3.63) is 0 Å². The summed E-state index contributed by atoms with van der Waals surface area (Å²) in [6.07, 6.45) is 2.00. The van der Waals surface area contributed by atoms with Crippen LogP contribution in [0.2, 0.25) is 0 Å². The highest BCUT2D eigenvalue weighted by Gasteiger charge is 2.08. The number of morpholine rings is 1. The summed E-state index contributed by atoms with van der Waals surface area (Å²) < 4.78 is 5.24. The zero-order chi connectivity index (χ0) is 9.36. The first-order chi connectivity index (χ1) is 6.43. The molecule has 0 unspecified atom stereocenters. The van der Waals surface area contributed by atoms with Crippen LogP contribution in [-0.2, 0) is 9.53 Å². The van der Waals surface area contributed by atoms with Crippen LogP contribution in [0.15, 0.2) is 0 Å². The molecule has 0 aliphatic carbocycles. The van der Waals surface area contributed by atoms with Crippen molar-refractivity contribution in [1.82, 2.24) is 10.2 Å². The minimum atomic E-state index is 0.475. The number of nitrogens with one attached hydrogen (secondary N) is 1. The highest BCUT2D eigenvalue weighted by atomic mass is 16.5. The van der Waals surface area contributed by atoms with Crippen LogP contribution >= 0.6 is 0 Å². The monoisotopic (exact) mass is 186 g/mol. The van der Waals surface area contributed by atoms with E-state index in [0.29, 0.717) is 6.54 Å². The van der Waals surface area contributed by atoms with Crippen molar-refractivity contribution in [1.29, 1.82) is 0 Å². The first-order valence-corrected chi connectivity index (χ1v) is 4.88. The van der Waals surface area contributed by atoms with E-state index >= 15 is 0 Å². The minimum Gasteiger partial charge on any atom is -0.379 e. The van der Waals surface area contributed by atoms with E-state index in [4.69, 9.17) is 4.74 Å². The first kappa shape index (κ1) is 10.6. The van der Waals surface area contributed by atoms with Gasteiger partial charge in [0, 0.05) is 13.1 Å². The molecule has 0 aromatic carbocycles. The molecule has 1 N–H and O–H groups in total. The molecule has 0 aromatic heterocycles. The zero-order valence-electron chi connectivity index (χ0n) is 8.00. The largest absolute Gasteiger partial charge is 0.379 e. The van der Waals surface area contributed by atoms with Crippen molar-refractivity contribution in [2.75, 3.05) is 45.9 Å². The number of hydrogen-bond acceptors (Lipinski definition) is 4. The van der Waals surface area contributed by atoms with Crippen LogP contribution in [0.25, 0.3) is 0 Å². The van der Waals surface area contributed by atoms with E-state index in [1.54, 1.807) is 0 Å². The van der Waals surface area contributed by atoms with Crippen LogP contribution in [0.3, 0.4) is 0 Å². The van der Waals surface area contributed by atoms with Crippen molar-refractivity contribution < 1.29 is 9.53 Å².